The van der Waals surface area contributed by atoms with Gasteiger partial charge in [0.05, 0.1) is 12.7 Å². The molecule has 0 bridgehead atoms. The number of allylic oxidation sites excluding steroid dienone is 3. The summed E-state index contributed by atoms with van der Waals surface area (Å²) >= 11 is 0. The first kappa shape index (κ1) is 12.2. The zero-order chi connectivity index (χ0) is 10.1. The Hall–Kier alpha value is -0.760. The summed E-state index contributed by atoms with van der Waals surface area (Å²) in [5, 5.41) is 0. The average molecular weight is 184 g/mol. The lowest BCUT2D eigenvalue weighted by Gasteiger charge is -2.09. The molecule has 0 heterocycles. The van der Waals surface area contributed by atoms with Crippen LogP contribution in [0.15, 0.2) is 24.0 Å². The average Bonchev–Trinajstić information content (AvgIpc) is 2.10. The lowest BCUT2D eigenvalue weighted by Crippen LogP contribution is -2.09. The van der Waals surface area contributed by atoms with Crippen LogP contribution in [-0.4, -0.2) is 19.3 Å². The van der Waals surface area contributed by atoms with Crippen LogP contribution in [0.4, 0.5) is 0 Å². The zero-order valence-corrected chi connectivity index (χ0v) is 9.04. The van der Waals surface area contributed by atoms with Crippen LogP contribution < -0.4 is 0 Å². The van der Waals surface area contributed by atoms with E-state index in [2.05, 4.69) is 0 Å². The molecular weight excluding hydrogens is 164 g/mol. The molecule has 0 radical (unpaired) electrons. The van der Waals surface area contributed by atoms with Crippen LogP contribution in [0.3, 0.4) is 0 Å². The third-order valence-electron chi connectivity index (χ3n) is 1.42. The van der Waals surface area contributed by atoms with Crippen molar-refractivity contribution in [1.29, 1.82) is 0 Å². The summed E-state index contributed by atoms with van der Waals surface area (Å²) < 4.78 is 10.8. The number of hydrogen-bond acceptors (Lipinski definition) is 2. The van der Waals surface area contributed by atoms with E-state index in [0.29, 0.717) is 13.2 Å². The molecule has 0 aromatic rings. The SMILES string of the molecule is C/C=C\C(=C/C)OCCOC(C)C. The highest BCUT2D eigenvalue weighted by Crippen LogP contribution is 1.99. The van der Waals surface area contributed by atoms with Gasteiger partial charge in [-0.25, -0.2) is 0 Å². The van der Waals surface area contributed by atoms with Gasteiger partial charge in [-0.15, -0.1) is 0 Å². The van der Waals surface area contributed by atoms with Gasteiger partial charge in [0.2, 0.25) is 0 Å². The van der Waals surface area contributed by atoms with Crippen molar-refractivity contribution in [1.82, 2.24) is 0 Å². The topological polar surface area (TPSA) is 18.5 Å². The second kappa shape index (κ2) is 7.87. The van der Waals surface area contributed by atoms with Crippen molar-refractivity contribution in [2.75, 3.05) is 13.2 Å². The van der Waals surface area contributed by atoms with Gasteiger partial charge in [-0.1, -0.05) is 6.08 Å². The standard InChI is InChI=1S/C11H20O2/c1-5-7-11(6-2)13-9-8-12-10(3)4/h5-7,10H,8-9H2,1-4H3/b7-5-,11-6+. The number of rotatable bonds is 6. The molecule has 0 saturated heterocycles. The molecule has 0 fully saturated rings. The maximum atomic E-state index is 5.43. The van der Waals surface area contributed by atoms with Crippen molar-refractivity contribution in [3.8, 4) is 0 Å². The van der Waals surface area contributed by atoms with Gasteiger partial charge in [-0.3, -0.25) is 0 Å². The minimum Gasteiger partial charge on any atom is -0.492 e. The van der Waals surface area contributed by atoms with Crippen LogP contribution >= 0.6 is 0 Å². The van der Waals surface area contributed by atoms with Crippen LogP contribution in [0.5, 0.6) is 0 Å². The monoisotopic (exact) mass is 184 g/mol. The first-order valence-corrected chi connectivity index (χ1v) is 4.74. The van der Waals surface area contributed by atoms with Crippen molar-refractivity contribution in [3.63, 3.8) is 0 Å². The van der Waals surface area contributed by atoms with Crippen molar-refractivity contribution >= 4 is 0 Å². The molecule has 0 amide bonds. The van der Waals surface area contributed by atoms with Crippen molar-refractivity contribution in [3.05, 3.63) is 24.0 Å². The maximum absolute atomic E-state index is 5.43. The Balaban J connectivity index is 3.51. The fourth-order valence-electron chi connectivity index (χ4n) is 0.835. The molecule has 0 aromatic carbocycles. The second-order valence-electron chi connectivity index (χ2n) is 2.96. The Bertz CT molecular complexity index is 169. The second-order valence-corrected chi connectivity index (χ2v) is 2.96. The van der Waals surface area contributed by atoms with E-state index in [9.17, 15) is 0 Å². The summed E-state index contributed by atoms with van der Waals surface area (Å²) in [4.78, 5) is 0. The molecule has 76 valence electrons. The highest BCUT2D eigenvalue weighted by Gasteiger charge is 1.94. The van der Waals surface area contributed by atoms with E-state index in [-0.39, 0.29) is 6.10 Å². The molecule has 0 saturated carbocycles. The summed E-state index contributed by atoms with van der Waals surface area (Å²) in [6.07, 6.45) is 6.11. The van der Waals surface area contributed by atoms with E-state index < -0.39 is 0 Å². The fourth-order valence-corrected chi connectivity index (χ4v) is 0.835. The normalized spacial score (nSPS) is 12.8. The zero-order valence-electron chi connectivity index (χ0n) is 9.04. The van der Waals surface area contributed by atoms with E-state index in [0.717, 1.165) is 5.76 Å². The maximum Gasteiger partial charge on any atom is 0.114 e. The predicted molar refractivity (Wildman–Crippen MR) is 55.6 cm³/mol. The Morgan fingerprint density at radius 3 is 2.38 bits per heavy atom. The third kappa shape index (κ3) is 7.60. The lowest BCUT2D eigenvalue weighted by molar-refractivity contribution is 0.0407. The largest absolute Gasteiger partial charge is 0.492 e. The Labute approximate surface area is 81.2 Å². The Morgan fingerprint density at radius 2 is 1.92 bits per heavy atom. The minimum absolute atomic E-state index is 0.277. The molecule has 0 spiro atoms. The molecule has 0 atom stereocenters. The van der Waals surface area contributed by atoms with Crippen LogP contribution in [0.1, 0.15) is 27.7 Å². The Morgan fingerprint density at radius 1 is 1.23 bits per heavy atom. The highest BCUT2D eigenvalue weighted by atomic mass is 16.5. The van der Waals surface area contributed by atoms with Crippen LogP contribution in [-0.2, 0) is 9.47 Å². The van der Waals surface area contributed by atoms with Crippen molar-refractivity contribution in [2.45, 2.75) is 33.8 Å². The van der Waals surface area contributed by atoms with Crippen LogP contribution in [0.25, 0.3) is 0 Å². The van der Waals surface area contributed by atoms with Gasteiger partial charge in [-0.05, 0) is 39.8 Å². The van der Waals surface area contributed by atoms with Crippen molar-refractivity contribution in [2.24, 2.45) is 0 Å². The third-order valence-corrected chi connectivity index (χ3v) is 1.42. The first-order valence-electron chi connectivity index (χ1n) is 4.74. The van der Waals surface area contributed by atoms with Crippen LogP contribution in [0, 0.1) is 0 Å². The van der Waals surface area contributed by atoms with Gasteiger partial charge in [0.1, 0.15) is 12.4 Å². The molecular formula is C11H20O2. The summed E-state index contributed by atoms with van der Waals surface area (Å²) in [7, 11) is 0. The van der Waals surface area contributed by atoms with Gasteiger partial charge in [0.15, 0.2) is 0 Å². The number of hydrogen-bond donors (Lipinski definition) is 0. The van der Waals surface area contributed by atoms with E-state index in [4.69, 9.17) is 9.47 Å². The van der Waals surface area contributed by atoms with Gasteiger partial charge >= 0.3 is 0 Å². The predicted octanol–water partition coefficient (Wildman–Crippen LogP) is 2.91. The van der Waals surface area contributed by atoms with Crippen LogP contribution in [0.2, 0.25) is 0 Å². The quantitative estimate of drug-likeness (QED) is 0.359. The van der Waals surface area contributed by atoms with Gasteiger partial charge in [-0.2, -0.15) is 0 Å². The van der Waals surface area contributed by atoms with E-state index >= 15 is 0 Å². The molecule has 0 aliphatic heterocycles. The first-order chi connectivity index (χ1) is 6.20. The summed E-state index contributed by atoms with van der Waals surface area (Å²) in [6, 6.07) is 0. The molecule has 0 N–H and O–H groups in total. The molecule has 0 unspecified atom stereocenters. The molecule has 0 aliphatic carbocycles. The molecule has 0 aromatic heterocycles. The fraction of sp³-hybridized carbons (Fsp3) is 0.636. The van der Waals surface area contributed by atoms with Gasteiger partial charge < -0.3 is 9.47 Å². The highest BCUT2D eigenvalue weighted by molar-refractivity contribution is 5.09. The summed E-state index contributed by atoms with van der Waals surface area (Å²) in [5.74, 6) is 0.898. The van der Waals surface area contributed by atoms with Gasteiger partial charge in [0.25, 0.3) is 0 Å². The van der Waals surface area contributed by atoms with Crippen molar-refractivity contribution < 1.29 is 9.47 Å². The minimum atomic E-state index is 0.277. The summed E-state index contributed by atoms with van der Waals surface area (Å²) in [6.45, 7) is 9.22. The van der Waals surface area contributed by atoms with E-state index in [1.54, 1.807) is 0 Å². The molecule has 2 nitrogen and oxygen atoms in total. The molecule has 13 heavy (non-hydrogen) atoms. The summed E-state index contributed by atoms with van der Waals surface area (Å²) in [5.41, 5.74) is 0. The Kier molecular flexibility index (Phi) is 7.41. The molecule has 0 aliphatic rings. The molecule has 0 rings (SSSR count). The van der Waals surface area contributed by atoms with Gasteiger partial charge in [0, 0.05) is 0 Å². The lowest BCUT2D eigenvalue weighted by atomic mass is 10.4. The molecule has 2 heteroatoms. The smallest absolute Gasteiger partial charge is 0.114 e. The number of ether oxygens (including phenoxy) is 2. The van der Waals surface area contributed by atoms with E-state index in [1.807, 2.05) is 45.9 Å². The van der Waals surface area contributed by atoms with E-state index in [1.165, 1.54) is 0 Å².